The fourth-order valence-corrected chi connectivity index (χ4v) is 2.01. The van der Waals surface area contributed by atoms with Gasteiger partial charge >= 0.3 is 0 Å². The molecule has 0 spiro atoms. The van der Waals surface area contributed by atoms with Crippen LogP contribution in [0.15, 0.2) is 18.2 Å². The Balaban J connectivity index is 2.60. The summed E-state index contributed by atoms with van der Waals surface area (Å²) >= 11 is 11.7. The maximum absolute atomic E-state index is 11.7. The summed E-state index contributed by atoms with van der Waals surface area (Å²) in [6, 6.07) is 4.58. The van der Waals surface area contributed by atoms with Crippen molar-refractivity contribution in [1.82, 2.24) is 10.2 Å². The molecule has 1 aromatic carbocycles. The van der Waals surface area contributed by atoms with E-state index in [1.165, 1.54) is 0 Å². The van der Waals surface area contributed by atoms with Gasteiger partial charge in [-0.2, -0.15) is 0 Å². The molecule has 6 heteroatoms. The molecule has 0 aliphatic rings. The van der Waals surface area contributed by atoms with Crippen molar-refractivity contribution in [1.29, 1.82) is 0 Å². The molecule has 2 atom stereocenters. The van der Waals surface area contributed by atoms with Crippen molar-refractivity contribution in [2.24, 2.45) is 0 Å². The highest BCUT2D eigenvalue weighted by molar-refractivity contribution is 6.34. The van der Waals surface area contributed by atoms with Gasteiger partial charge in [-0.15, -0.1) is 0 Å². The molecule has 1 rings (SSSR count). The lowest BCUT2D eigenvalue weighted by molar-refractivity contribution is -0.125. The number of hydrogen-bond acceptors (Lipinski definition) is 3. The standard InChI is InChI=1S/C13H18Cl2N2O2/c1-8(17(2)3)13(19)16-7-12(18)9-4-10(14)6-11(15)5-9/h4-6,8,12,18H,7H2,1-3H3,(H,16,19)/t8-,12?/m0/s1. The third kappa shape index (κ3) is 4.99. The molecule has 0 bridgehead atoms. The number of nitrogens with one attached hydrogen (secondary N) is 1. The zero-order chi connectivity index (χ0) is 14.6. The molecule has 0 saturated carbocycles. The normalized spacial score (nSPS) is 14.3. The van der Waals surface area contributed by atoms with Crippen molar-refractivity contribution in [2.45, 2.75) is 19.1 Å². The van der Waals surface area contributed by atoms with Crippen LogP contribution in [0, 0.1) is 0 Å². The van der Waals surface area contributed by atoms with E-state index in [1.54, 1.807) is 30.0 Å². The number of halogens is 2. The van der Waals surface area contributed by atoms with Crippen molar-refractivity contribution in [3.8, 4) is 0 Å². The molecule has 0 radical (unpaired) electrons. The largest absolute Gasteiger partial charge is 0.387 e. The molecule has 2 N–H and O–H groups in total. The number of likely N-dealkylation sites (N-methyl/N-ethyl adjacent to an activating group) is 1. The van der Waals surface area contributed by atoms with Gasteiger partial charge in [0.05, 0.1) is 12.1 Å². The first kappa shape index (κ1) is 16.2. The lowest BCUT2D eigenvalue weighted by Gasteiger charge is -2.20. The van der Waals surface area contributed by atoms with Crippen molar-refractivity contribution in [3.05, 3.63) is 33.8 Å². The number of carbonyl (C=O) groups excluding carboxylic acids is 1. The van der Waals surface area contributed by atoms with Gasteiger partial charge in [0, 0.05) is 16.6 Å². The molecular weight excluding hydrogens is 287 g/mol. The van der Waals surface area contributed by atoms with Crippen LogP contribution in [0.25, 0.3) is 0 Å². The lowest BCUT2D eigenvalue weighted by atomic mass is 10.1. The zero-order valence-corrected chi connectivity index (χ0v) is 12.7. The minimum atomic E-state index is -0.838. The molecule has 1 unspecified atom stereocenters. The minimum absolute atomic E-state index is 0.119. The summed E-state index contributed by atoms with van der Waals surface area (Å²) in [6.45, 7) is 1.91. The first-order valence-electron chi connectivity index (χ1n) is 5.89. The first-order chi connectivity index (χ1) is 8.81. The number of aliphatic hydroxyl groups is 1. The van der Waals surface area contributed by atoms with E-state index in [1.807, 2.05) is 14.1 Å². The van der Waals surface area contributed by atoms with Crippen LogP contribution in [0.2, 0.25) is 10.0 Å². The summed E-state index contributed by atoms with van der Waals surface area (Å²) in [6.07, 6.45) is -0.838. The first-order valence-corrected chi connectivity index (χ1v) is 6.65. The SMILES string of the molecule is C[C@@H](C(=O)NCC(O)c1cc(Cl)cc(Cl)c1)N(C)C. The summed E-state index contributed by atoms with van der Waals surface area (Å²) in [5.74, 6) is -0.142. The number of amides is 1. The molecule has 4 nitrogen and oxygen atoms in total. The number of benzene rings is 1. The third-order valence-corrected chi connectivity index (χ3v) is 3.33. The van der Waals surface area contributed by atoms with Crippen LogP contribution in [0.1, 0.15) is 18.6 Å². The highest BCUT2D eigenvalue weighted by Gasteiger charge is 2.16. The average Bonchev–Trinajstić information content (AvgIpc) is 2.33. The molecule has 0 heterocycles. The molecule has 106 valence electrons. The second kappa shape index (κ2) is 7.10. The molecule has 1 aromatic rings. The Morgan fingerprint density at radius 1 is 1.32 bits per heavy atom. The number of aliphatic hydroxyl groups excluding tert-OH is 1. The van der Waals surface area contributed by atoms with E-state index >= 15 is 0 Å². The van der Waals surface area contributed by atoms with Crippen LogP contribution in [0.5, 0.6) is 0 Å². The summed E-state index contributed by atoms with van der Waals surface area (Å²) in [7, 11) is 3.63. The van der Waals surface area contributed by atoms with Crippen molar-refractivity contribution in [3.63, 3.8) is 0 Å². The number of rotatable bonds is 5. The Kier molecular flexibility index (Phi) is 6.07. The van der Waals surface area contributed by atoms with Gasteiger partial charge in [-0.25, -0.2) is 0 Å². The smallest absolute Gasteiger partial charge is 0.237 e. The maximum Gasteiger partial charge on any atom is 0.237 e. The van der Waals surface area contributed by atoms with Crippen LogP contribution in [0.3, 0.4) is 0 Å². The highest BCUT2D eigenvalue weighted by atomic mass is 35.5. The van der Waals surface area contributed by atoms with Crippen LogP contribution in [-0.4, -0.2) is 42.6 Å². The van der Waals surface area contributed by atoms with Crippen molar-refractivity contribution < 1.29 is 9.90 Å². The van der Waals surface area contributed by atoms with Crippen LogP contribution in [0.4, 0.5) is 0 Å². The van der Waals surface area contributed by atoms with E-state index < -0.39 is 6.10 Å². The van der Waals surface area contributed by atoms with E-state index in [2.05, 4.69) is 5.32 Å². The van der Waals surface area contributed by atoms with E-state index in [4.69, 9.17) is 23.2 Å². The molecule has 0 fully saturated rings. The van der Waals surface area contributed by atoms with Gasteiger partial charge in [0.25, 0.3) is 0 Å². The Bertz CT molecular complexity index is 432. The maximum atomic E-state index is 11.7. The van der Waals surface area contributed by atoms with Gasteiger partial charge in [0.1, 0.15) is 0 Å². The van der Waals surface area contributed by atoms with Crippen LogP contribution >= 0.6 is 23.2 Å². The Labute approximate surface area is 123 Å². The van der Waals surface area contributed by atoms with Crippen LogP contribution < -0.4 is 5.32 Å². The number of carbonyl (C=O) groups is 1. The Morgan fingerprint density at radius 2 is 1.84 bits per heavy atom. The zero-order valence-electron chi connectivity index (χ0n) is 11.2. The monoisotopic (exact) mass is 304 g/mol. The molecule has 0 aromatic heterocycles. The van der Waals surface area contributed by atoms with E-state index in [0.717, 1.165) is 0 Å². The van der Waals surface area contributed by atoms with Gasteiger partial charge in [-0.1, -0.05) is 23.2 Å². The van der Waals surface area contributed by atoms with E-state index in [9.17, 15) is 9.90 Å². The quantitative estimate of drug-likeness (QED) is 0.876. The molecular formula is C13H18Cl2N2O2. The van der Waals surface area contributed by atoms with Gasteiger partial charge in [0.15, 0.2) is 0 Å². The van der Waals surface area contributed by atoms with E-state index in [0.29, 0.717) is 15.6 Å². The molecule has 1 amide bonds. The summed E-state index contributed by atoms with van der Waals surface area (Å²) in [5.41, 5.74) is 0.579. The van der Waals surface area contributed by atoms with Gasteiger partial charge < -0.3 is 10.4 Å². The summed E-state index contributed by atoms with van der Waals surface area (Å²) < 4.78 is 0. The predicted molar refractivity (Wildman–Crippen MR) is 77.6 cm³/mol. The predicted octanol–water partition coefficient (Wildman–Crippen LogP) is 2.09. The lowest BCUT2D eigenvalue weighted by Crippen LogP contribution is -2.42. The van der Waals surface area contributed by atoms with E-state index in [-0.39, 0.29) is 18.5 Å². The molecule has 0 aliphatic carbocycles. The Hall–Kier alpha value is -0.810. The van der Waals surface area contributed by atoms with Gasteiger partial charge in [-0.3, -0.25) is 9.69 Å². The fourth-order valence-electron chi connectivity index (χ4n) is 1.46. The fraction of sp³-hybridized carbons (Fsp3) is 0.462. The number of nitrogens with zero attached hydrogens (tertiary/aromatic N) is 1. The Morgan fingerprint density at radius 3 is 2.32 bits per heavy atom. The van der Waals surface area contributed by atoms with Gasteiger partial charge in [-0.05, 0) is 44.8 Å². The second-order valence-electron chi connectivity index (χ2n) is 4.60. The minimum Gasteiger partial charge on any atom is -0.387 e. The molecule has 19 heavy (non-hydrogen) atoms. The average molecular weight is 305 g/mol. The second-order valence-corrected chi connectivity index (χ2v) is 5.48. The highest BCUT2D eigenvalue weighted by Crippen LogP contribution is 2.23. The topological polar surface area (TPSA) is 52.6 Å². The van der Waals surface area contributed by atoms with Crippen molar-refractivity contribution >= 4 is 29.1 Å². The third-order valence-electron chi connectivity index (χ3n) is 2.89. The van der Waals surface area contributed by atoms with Gasteiger partial charge in [0.2, 0.25) is 5.91 Å². The summed E-state index contributed by atoms with van der Waals surface area (Å²) in [4.78, 5) is 13.5. The molecule has 0 saturated heterocycles. The van der Waals surface area contributed by atoms with Crippen molar-refractivity contribution in [2.75, 3.05) is 20.6 Å². The van der Waals surface area contributed by atoms with Crippen LogP contribution in [-0.2, 0) is 4.79 Å². The summed E-state index contributed by atoms with van der Waals surface area (Å²) in [5, 5.41) is 13.6. The number of hydrogen-bond donors (Lipinski definition) is 2. The molecule has 0 aliphatic heterocycles.